The van der Waals surface area contributed by atoms with Gasteiger partial charge in [0.05, 0.1) is 12.6 Å². The molecule has 1 N–H and O–H groups in total. The number of hydrogen-bond acceptors (Lipinski definition) is 2. The Balaban J connectivity index is 2.36. The molecule has 0 unspecified atom stereocenters. The van der Waals surface area contributed by atoms with E-state index < -0.39 is 8.32 Å². The van der Waals surface area contributed by atoms with Crippen molar-refractivity contribution in [1.82, 2.24) is 5.32 Å². The van der Waals surface area contributed by atoms with Crippen molar-refractivity contribution in [2.75, 3.05) is 6.61 Å². The first-order chi connectivity index (χ1) is 7.15. The topological polar surface area (TPSA) is 38.3 Å². The highest BCUT2D eigenvalue weighted by Crippen LogP contribution is 2.22. The minimum absolute atomic E-state index is 0.181. The van der Waals surface area contributed by atoms with Gasteiger partial charge >= 0.3 is 0 Å². The molecule has 4 heteroatoms. The van der Waals surface area contributed by atoms with E-state index in [9.17, 15) is 4.79 Å². The van der Waals surface area contributed by atoms with Crippen LogP contribution in [-0.4, -0.2) is 26.9 Å². The molecule has 0 radical (unpaired) electrons. The van der Waals surface area contributed by atoms with E-state index in [-0.39, 0.29) is 11.9 Å². The summed E-state index contributed by atoms with van der Waals surface area (Å²) in [5.74, 6) is 0.181. The monoisotopic (exact) mass is 229 g/mol. The molecule has 0 aliphatic carbocycles. The molecule has 0 aromatic rings. The summed E-state index contributed by atoms with van der Waals surface area (Å²) < 4.78 is 6.13. The lowest BCUT2D eigenvalue weighted by atomic mass is 10.2. The molecule has 0 aromatic carbocycles. The summed E-state index contributed by atoms with van der Waals surface area (Å²) >= 11 is 0. The van der Waals surface area contributed by atoms with Crippen molar-refractivity contribution in [2.45, 2.75) is 57.8 Å². The van der Waals surface area contributed by atoms with Crippen molar-refractivity contribution >= 4 is 14.2 Å². The third kappa shape index (κ3) is 3.31. The smallest absolute Gasteiger partial charge is 0.220 e. The molecule has 0 bridgehead atoms. The average Bonchev–Trinajstić information content (AvgIpc) is 2.67. The van der Waals surface area contributed by atoms with Crippen LogP contribution < -0.4 is 5.32 Å². The zero-order valence-corrected chi connectivity index (χ0v) is 11.1. The van der Waals surface area contributed by atoms with Crippen LogP contribution >= 0.6 is 0 Å². The van der Waals surface area contributed by atoms with E-state index >= 15 is 0 Å². The summed E-state index contributed by atoms with van der Waals surface area (Å²) in [6.45, 7) is 7.42. The lowest BCUT2D eigenvalue weighted by Crippen LogP contribution is -2.41. The highest BCUT2D eigenvalue weighted by molar-refractivity contribution is 6.73. The molecular formula is C11H23NO2Si. The Morgan fingerprint density at radius 1 is 1.33 bits per heavy atom. The number of rotatable bonds is 6. The Hall–Kier alpha value is -0.353. The van der Waals surface area contributed by atoms with Crippen molar-refractivity contribution in [2.24, 2.45) is 0 Å². The fraction of sp³-hybridized carbons (Fsp3) is 0.909. The molecule has 1 aliphatic heterocycles. The van der Waals surface area contributed by atoms with Crippen LogP contribution in [0.5, 0.6) is 0 Å². The molecule has 15 heavy (non-hydrogen) atoms. The summed E-state index contributed by atoms with van der Waals surface area (Å²) in [6.07, 6.45) is 1.62. The second kappa shape index (κ2) is 5.65. The second-order valence-corrected chi connectivity index (χ2v) is 9.13. The van der Waals surface area contributed by atoms with Crippen LogP contribution in [-0.2, 0) is 9.22 Å². The van der Waals surface area contributed by atoms with E-state index in [2.05, 4.69) is 26.1 Å². The van der Waals surface area contributed by atoms with Gasteiger partial charge in [0.25, 0.3) is 0 Å². The molecule has 88 valence electrons. The van der Waals surface area contributed by atoms with E-state index in [1.165, 1.54) is 18.1 Å². The van der Waals surface area contributed by atoms with Gasteiger partial charge in [-0.3, -0.25) is 4.79 Å². The molecule has 0 aromatic heterocycles. The third-order valence-electron chi connectivity index (χ3n) is 3.61. The van der Waals surface area contributed by atoms with Crippen molar-refractivity contribution in [3.05, 3.63) is 0 Å². The number of nitrogens with one attached hydrogen (secondary N) is 1. The zero-order chi connectivity index (χ0) is 11.3. The molecule has 0 spiro atoms. The Kier molecular flexibility index (Phi) is 4.79. The molecule has 3 nitrogen and oxygen atoms in total. The van der Waals surface area contributed by atoms with Crippen molar-refractivity contribution in [1.29, 1.82) is 0 Å². The summed E-state index contributed by atoms with van der Waals surface area (Å²) in [5.41, 5.74) is 0. The standard InChI is InChI=1S/C11H23NO2Si/c1-4-15(5-2,6-3)14-9-10-7-8-11(13)12-10/h10H,4-9H2,1-3H3,(H,12,13)/t10-/m0/s1. The van der Waals surface area contributed by atoms with Crippen LogP contribution in [0.4, 0.5) is 0 Å². The van der Waals surface area contributed by atoms with Gasteiger partial charge in [-0.2, -0.15) is 0 Å². The first-order valence-corrected chi connectivity index (χ1v) is 8.62. The van der Waals surface area contributed by atoms with Gasteiger partial charge in [-0.1, -0.05) is 20.8 Å². The van der Waals surface area contributed by atoms with Gasteiger partial charge in [-0.25, -0.2) is 0 Å². The first-order valence-electron chi connectivity index (χ1n) is 6.09. The third-order valence-corrected chi connectivity index (χ3v) is 8.25. The van der Waals surface area contributed by atoms with E-state index in [0.29, 0.717) is 6.42 Å². The second-order valence-electron chi connectivity index (χ2n) is 4.36. The van der Waals surface area contributed by atoms with Gasteiger partial charge in [-0.05, 0) is 24.6 Å². The van der Waals surface area contributed by atoms with Crippen LogP contribution in [0.3, 0.4) is 0 Å². The van der Waals surface area contributed by atoms with Crippen LogP contribution in [0, 0.1) is 0 Å². The number of carbonyl (C=O) groups is 1. The van der Waals surface area contributed by atoms with Crippen LogP contribution in [0.2, 0.25) is 18.1 Å². The summed E-state index contributed by atoms with van der Waals surface area (Å²) in [4.78, 5) is 11.0. The quantitative estimate of drug-likeness (QED) is 0.710. The predicted molar refractivity (Wildman–Crippen MR) is 64.3 cm³/mol. The van der Waals surface area contributed by atoms with Crippen LogP contribution in [0.25, 0.3) is 0 Å². The summed E-state index contributed by atoms with van der Waals surface area (Å²) in [5, 5.41) is 2.96. The fourth-order valence-electron chi connectivity index (χ4n) is 2.14. The Morgan fingerprint density at radius 3 is 2.33 bits per heavy atom. The maximum Gasteiger partial charge on any atom is 0.220 e. The molecule has 0 saturated carbocycles. The molecule has 1 fully saturated rings. The lowest BCUT2D eigenvalue weighted by Gasteiger charge is -2.29. The largest absolute Gasteiger partial charge is 0.415 e. The molecule has 1 amide bonds. The number of amides is 1. The van der Waals surface area contributed by atoms with E-state index in [0.717, 1.165) is 13.0 Å². The van der Waals surface area contributed by atoms with Gasteiger partial charge in [0.15, 0.2) is 8.32 Å². The number of carbonyl (C=O) groups excluding carboxylic acids is 1. The normalized spacial score (nSPS) is 21.8. The van der Waals surface area contributed by atoms with Crippen molar-refractivity contribution in [3.63, 3.8) is 0 Å². The Labute approximate surface area is 93.7 Å². The molecule has 1 heterocycles. The van der Waals surface area contributed by atoms with Gasteiger partial charge in [-0.15, -0.1) is 0 Å². The Bertz CT molecular complexity index is 208. The summed E-state index contributed by atoms with van der Waals surface area (Å²) in [7, 11) is -1.46. The summed E-state index contributed by atoms with van der Waals surface area (Å²) in [6, 6.07) is 3.82. The molecule has 1 rings (SSSR count). The van der Waals surface area contributed by atoms with Gasteiger partial charge in [0, 0.05) is 6.42 Å². The van der Waals surface area contributed by atoms with Gasteiger partial charge in [0.1, 0.15) is 0 Å². The predicted octanol–water partition coefficient (Wildman–Crippen LogP) is 2.29. The lowest BCUT2D eigenvalue weighted by molar-refractivity contribution is -0.119. The van der Waals surface area contributed by atoms with Crippen molar-refractivity contribution in [3.8, 4) is 0 Å². The van der Waals surface area contributed by atoms with Crippen molar-refractivity contribution < 1.29 is 9.22 Å². The fourth-order valence-corrected chi connectivity index (χ4v) is 4.80. The van der Waals surface area contributed by atoms with Crippen LogP contribution in [0.1, 0.15) is 33.6 Å². The average molecular weight is 229 g/mol. The minimum Gasteiger partial charge on any atom is -0.415 e. The molecule has 1 aliphatic rings. The number of hydrogen-bond donors (Lipinski definition) is 1. The molecular weight excluding hydrogens is 206 g/mol. The zero-order valence-electron chi connectivity index (χ0n) is 10.1. The SMILES string of the molecule is CC[Si](CC)(CC)OC[C@@H]1CCC(=O)N1. The van der Waals surface area contributed by atoms with E-state index in [1.54, 1.807) is 0 Å². The molecule has 1 atom stereocenters. The first kappa shape index (κ1) is 12.7. The maximum absolute atomic E-state index is 11.0. The van der Waals surface area contributed by atoms with Crippen LogP contribution in [0.15, 0.2) is 0 Å². The van der Waals surface area contributed by atoms with E-state index in [4.69, 9.17) is 4.43 Å². The highest BCUT2D eigenvalue weighted by atomic mass is 28.4. The highest BCUT2D eigenvalue weighted by Gasteiger charge is 2.31. The van der Waals surface area contributed by atoms with Gasteiger partial charge < -0.3 is 9.74 Å². The van der Waals surface area contributed by atoms with Gasteiger partial charge in [0.2, 0.25) is 5.91 Å². The van der Waals surface area contributed by atoms with E-state index in [1.807, 2.05) is 0 Å². The maximum atomic E-state index is 11.0. The molecule has 1 saturated heterocycles. The minimum atomic E-state index is -1.46. The Morgan fingerprint density at radius 2 is 1.93 bits per heavy atom.